The van der Waals surface area contributed by atoms with E-state index in [9.17, 15) is 18.0 Å². The average Bonchev–Trinajstić information content (AvgIpc) is 3.51. The van der Waals surface area contributed by atoms with Gasteiger partial charge in [-0.25, -0.2) is 8.42 Å². The number of carbonyl (C=O) groups is 2. The average molecular weight is 580 g/mol. The quantitative estimate of drug-likeness (QED) is 0.342. The van der Waals surface area contributed by atoms with Gasteiger partial charge in [0.05, 0.1) is 24.8 Å². The highest BCUT2D eigenvalue weighted by atomic mass is 32.2. The number of anilines is 1. The number of amides is 2. The SMILES string of the molecule is COc1ccc(N(CC(=O)N(Cc2cccc(OC)c2)[C@@H](C)C(=O)NC2CCCC2)S(=O)(=O)c2ccccc2)cc1. The number of hydrogen-bond acceptors (Lipinski definition) is 6. The van der Waals surface area contributed by atoms with Crippen molar-refractivity contribution in [3.63, 3.8) is 0 Å². The molecular weight excluding hydrogens is 542 g/mol. The predicted molar refractivity (Wildman–Crippen MR) is 157 cm³/mol. The van der Waals surface area contributed by atoms with Crippen molar-refractivity contribution in [3.8, 4) is 11.5 Å². The Morgan fingerprint density at radius 3 is 2.20 bits per heavy atom. The number of benzene rings is 3. The second-order valence-corrected chi connectivity index (χ2v) is 11.9. The summed E-state index contributed by atoms with van der Waals surface area (Å²) in [6.45, 7) is 1.26. The van der Waals surface area contributed by atoms with Gasteiger partial charge in [-0.15, -0.1) is 0 Å². The lowest BCUT2D eigenvalue weighted by Crippen LogP contribution is -2.52. The summed E-state index contributed by atoms with van der Waals surface area (Å²) < 4.78 is 39.4. The van der Waals surface area contributed by atoms with E-state index < -0.39 is 28.5 Å². The lowest BCUT2D eigenvalue weighted by molar-refractivity contribution is -0.139. The summed E-state index contributed by atoms with van der Waals surface area (Å²) in [5, 5.41) is 3.07. The highest BCUT2D eigenvalue weighted by Gasteiger charge is 2.33. The zero-order chi connectivity index (χ0) is 29.4. The molecule has 1 aliphatic carbocycles. The van der Waals surface area contributed by atoms with Gasteiger partial charge in [0, 0.05) is 12.6 Å². The first kappa shape index (κ1) is 29.9. The third-order valence-corrected chi connectivity index (χ3v) is 9.11. The molecule has 4 rings (SSSR count). The van der Waals surface area contributed by atoms with Crippen LogP contribution in [0.25, 0.3) is 0 Å². The summed E-state index contributed by atoms with van der Waals surface area (Å²) in [7, 11) is -1.05. The summed E-state index contributed by atoms with van der Waals surface area (Å²) in [6.07, 6.45) is 3.92. The highest BCUT2D eigenvalue weighted by molar-refractivity contribution is 7.92. The Balaban J connectivity index is 1.68. The maximum atomic E-state index is 14.1. The van der Waals surface area contributed by atoms with Gasteiger partial charge < -0.3 is 19.7 Å². The summed E-state index contributed by atoms with van der Waals surface area (Å²) in [6, 6.07) is 20.9. The third-order valence-electron chi connectivity index (χ3n) is 7.33. The number of sulfonamides is 1. The Kier molecular flexibility index (Phi) is 9.88. The molecule has 2 amide bonds. The van der Waals surface area contributed by atoms with Gasteiger partial charge in [0.15, 0.2) is 0 Å². The maximum absolute atomic E-state index is 14.1. The molecule has 1 saturated carbocycles. The van der Waals surface area contributed by atoms with Crippen LogP contribution in [0.15, 0.2) is 83.8 Å². The zero-order valence-electron chi connectivity index (χ0n) is 23.7. The number of methoxy groups -OCH3 is 2. The molecule has 3 aromatic carbocycles. The molecule has 1 N–H and O–H groups in total. The van der Waals surface area contributed by atoms with Crippen LogP contribution in [0.3, 0.4) is 0 Å². The van der Waals surface area contributed by atoms with Crippen molar-refractivity contribution in [2.75, 3.05) is 25.1 Å². The molecule has 0 aliphatic heterocycles. The lowest BCUT2D eigenvalue weighted by Gasteiger charge is -2.32. The van der Waals surface area contributed by atoms with E-state index in [1.54, 1.807) is 68.6 Å². The molecule has 0 bridgehead atoms. The standard InChI is InChI=1S/C31H37N3O6S/c1-23(31(36)32-25-11-7-8-12-25)33(21-24-10-9-13-28(20-24)40-3)30(35)22-34(26-16-18-27(39-2)19-17-26)41(37,38)29-14-5-4-6-15-29/h4-6,9-10,13-20,23,25H,7-8,11-12,21-22H2,1-3H3,(H,32,36)/t23-/m0/s1. The van der Waals surface area contributed by atoms with Gasteiger partial charge in [-0.2, -0.15) is 0 Å². The second kappa shape index (κ2) is 13.5. The van der Waals surface area contributed by atoms with Crippen LogP contribution in [0.2, 0.25) is 0 Å². The molecule has 1 atom stereocenters. The molecule has 1 aliphatic rings. The molecule has 1 fully saturated rings. The van der Waals surface area contributed by atoms with Crippen LogP contribution in [0.1, 0.15) is 38.2 Å². The van der Waals surface area contributed by atoms with E-state index in [1.807, 2.05) is 12.1 Å². The Hall–Kier alpha value is -4.05. The number of nitrogens with zero attached hydrogens (tertiary/aromatic N) is 2. The fourth-order valence-electron chi connectivity index (χ4n) is 4.94. The van der Waals surface area contributed by atoms with Gasteiger partial charge in [0.25, 0.3) is 10.0 Å². The molecular formula is C31H37N3O6S. The number of carbonyl (C=O) groups excluding carboxylic acids is 2. The van der Waals surface area contributed by atoms with Crippen LogP contribution in [0, 0.1) is 0 Å². The van der Waals surface area contributed by atoms with Crippen molar-refractivity contribution in [1.82, 2.24) is 10.2 Å². The molecule has 0 spiro atoms. The highest BCUT2D eigenvalue weighted by Crippen LogP contribution is 2.27. The normalized spacial score (nSPS) is 14.2. The van der Waals surface area contributed by atoms with Crippen LogP contribution < -0.4 is 19.1 Å². The van der Waals surface area contributed by atoms with Crippen molar-refractivity contribution >= 4 is 27.5 Å². The van der Waals surface area contributed by atoms with Crippen LogP contribution >= 0.6 is 0 Å². The number of ether oxygens (including phenoxy) is 2. The molecule has 0 saturated heterocycles. The molecule has 0 unspecified atom stereocenters. The fraction of sp³-hybridized carbons (Fsp3) is 0.355. The van der Waals surface area contributed by atoms with Crippen molar-refractivity contribution in [2.45, 2.75) is 56.1 Å². The minimum atomic E-state index is -4.13. The maximum Gasteiger partial charge on any atom is 0.264 e. The summed E-state index contributed by atoms with van der Waals surface area (Å²) in [5.41, 5.74) is 1.05. The Morgan fingerprint density at radius 2 is 1.56 bits per heavy atom. The van der Waals surface area contributed by atoms with Gasteiger partial charge in [-0.1, -0.05) is 43.2 Å². The number of hydrogen-bond donors (Lipinski definition) is 1. The molecule has 41 heavy (non-hydrogen) atoms. The minimum absolute atomic E-state index is 0.0509. The Labute approximate surface area is 242 Å². The summed E-state index contributed by atoms with van der Waals surface area (Å²) in [5.74, 6) is 0.380. The van der Waals surface area contributed by atoms with Gasteiger partial charge in [-0.05, 0) is 73.9 Å². The van der Waals surface area contributed by atoms with Gasteiger partial charge in [0.1, 0.15) is 24.1 Å². The van der Waals surface area contributed by atoms with Gasteiger partial charge >= 0.3 is 0 Å². The van der Waals surface area contributed by atoms with E-state index in [4.69, 9.17) is 9.47 Å². The van der Waals surface area contributed by atoms with Crippen molar-refractivity contribution < 1.29 is 27.5 Å². The number of nitrogens with one attached hydrogen (secondary N) is 1. The predicted octanol–water partition coefficient (Wildman–Crippen LogP) is 4.38. The minimum Gasteiger partial charge on any atom is -0.497 e. The van der Waals surface area contributed by atoms with Crippen LogP contribution in [-0.4, -0.2) is 58.0 Å². The molecule has 0 radical (unpaired) electrons. The first-order chi connectivity index (χ1) is 19.7. The fourth-order valence-corrected chi connectivity index (χ4v) is 6.37. The zero-order valence-corrected chi connectivity index (χ0v) is 24.5. The lowest BCUT2D eigenvalue weighted by atomic mass is 10.1. The van der Waals surface area contributed by atoms with Crippen LogP contribution in [0.5, 0.6) is 11.5 Å². The van der Waals surface area contributed by atoms with Gasteiger partial charge in [0.2, 0.25) is 11.8 Å². The molecule has 218 valence electrons. The topological polar surface area (TPSA) is 105 Å². The molecule has 9 nitrogen and oxygen atoms in total. The van der Waals surface area contributed by atoms with E-state index in [2.05, 4.69) is 5.32 Å². The van der Waals surface area contributed by atoms with Gasteiger partial charge in [-0.3, -0.25) is 13.9 Å². The van der Waals surface area contributed by atoms with E-state index >= 15 is 0 Å². The number of rotatable bonds is 12. The third kappa shape index (κ3) is 7.38. The van der Waals surface area contributed by atoms with Crippen LogP contribution in [-0.2, 0) is 26.2 Å². The summed E-state index contributed by atoms with van der Waals surface area (Å²) >= 11 is 0. The molecule has 0 aromatic heterocycles. The summed E-state index contributed by atoms with van der Waals surface area (Å²) in [4.78, 5) is 28.9. The van der Waals surface area contributed by atoms with Crippen LogP contribution in [0.4, 0.5) is 5.69 Å². The first-order valence-corrected chi connectivity index (χ1v) is 15.1. The molecule has 0 heterocycles. The smallest absolute Gasteiger partial charge is 0.264 e. The largest absolute Gasteiger partial charge is 0.497 e. The monoisotopic (exact) mass is 579 g/mol. The Bertz CT molecular complexity index is 1420. The van der Waals surface area contributed by atoms with E-state index in [1.165, 1.54) is 24.1 Å². The first-order valence-electron chi connectivity index (χ1n) is 13.7. The molecule has 3 aromatic rings. The van der Waals surface area contributed by atoms with E-state index in [-0.39, 0.29) is 23.4 Å². The van der Waals surface area contributed by atoms with Crippen molar-refractivity contribution in [2.24, 2.45) is 0 Å². The van der Waals surface area contributed by atoms with E-state index in [0.29, 0.717) is 17.2 Å². The van der Waals surface area contributed by atoms with E-state index in [0.717, 1.165) is 35.6 Å². The second-order valence-electron chi connectivity index (χ2n) is 10.1. The van der Waals surface area contributed by atoms with Crippen molar-refractivity contribution in [3.05, 3.63) is 84.4 Å². The Morgan fingerprint density at radius 1 is 0.902 bits per heavy atom. The molecule has 10 heteroatoms. The van der Waals surface area contributed by atoms with Crippen molar-refractivity contribution in [1.29, 1.82) is 0 Å².